The van der Waals surface area contributed by atoms with Crippen LogP contribution in [0, 0.1) is 0 Å². The molecule has 0 aromatic heterocycles. The molecule has 0 aromatic carbocycles. The third-order valence-corrected chi connectivity index (χ3v) is 14.3. The molecule has 0 bridgehead atoms. The molecule has 0 rings (SSSR count). The van der Waals surface area contributed by atoms with E-state index in [0.717, 1.165) is 89.9 Å². The number of rotatable bonds is 59. The molecule has 1 atom stereocenters. The molecule has 0 heterocycles. The Labute approximate surface area is 460 Å². The van der Waals surface area contributed by atoms with E-state index in [1.54, 1.807) is 0 Å². The highest BCUT2D eigenvalue weighted by Crippen LogP contribution is 2.17. The number of allylic oxidation sites excluding steroid dienone is 10. The fourth-order valence-electron chi connectivity index (χ4n) is 9.43. The van der Waals surface area contributed by atoms with Crippen LogP contribution in [0.4, 0.5) is 0 Å². The summed E-state index contributed by atoms with van der Waals surface area (Å²) in [7, 11) is 0. The van der Waals surface area contributed by atoms with Crippen molar-refractivity contribution >= 4 is 17.9 Å². The van der Waals surface area contributed by atoms with E-state index in [4.69, 9.17) is 14.2 Å². The van der Waals surface area contributed by atoms with Crippen LogP contribution in [0.5, 0.6) is 0 Å². The Morgan fingerprint density at radius 1 is 0.284 bits per heavy atom. The van der Waals surface area contributed by atoms with Crippen LogP contribution in [0.3, 0.4) is 0 Å². The van der Waals surface area contributed by atoms with E-state index in [9.17, 15) is 14.4 Å². The Hall–Kier alpha value is -2.89. The smallest absolute Gasteiger partial charge is 0.306 e. The van der Waals surface area contributed by atoms with Crippen molar-refractivity contribution < 1.29 is 28.6 Å². The third kappa shape index (κ3) is 60.0. The van der Waals surface area contributed by atoms with E-state index in [1.807, 2.05) is 0 Å². The molecule has 0 amide bonds. The minimum Gasteiger partial charge on any atom is -0.462 e. The van der Waals surface area contributed by atoms with E-state index in [2.05, 4.69) is 81.5 Å². The van der Waals surface area contributed by atoms with Crippen molar-refractivity contribution in [3.05, 3.63) is 60.8 Å². The second kappa shape index (κ2) is 62.6. The zero-order chi connectivity index (χ0) is 53.6. The van der Waals surface area contributed by atoms with Crippen molar-refractivity contribution in [1.82, 2.24) is 0 Å². The van der Waals surface area contributed by atoms with Gasteiger partial charge in [0.2, 0.25) is 0 Å². The standard InChI is InChI=1S/C68H122O6/c1-4-7-10-13-16-19-22-25-27-29-31-33-35-36-38-40-43-46-49-52-55-58-61-67(70)73-64-65(63-72-66(69)60-57-54-51-48-45-42-24-21-18-15-12-9-6-3)74-68(71)62-59-56-53-50-47-44-41-39-37-34-32-30-28-26-23-20-17-14-11-8-5-2/h9,12,18,21,23,26,30,32,42,45,65H,4-8,10-11,13-17,19-20,22,24-25,27-29,31,33-41,43-44,46-64H2,1-3H3/b12-9-,21-18-,26-23-,32-30-,45-42-. The number of hydrogen-bond donors (Lipinski definition) is 0. The lowest BCUT2D eigenvalue weighted by Gasteiger charge is -2.18. The predicted molar refractivity (Wildman–Crippen MR) is 321 cm³/mol. The van der Waals surface area contributed by atoms with Crippen LogP contribution in [-0.2, 0) is 28.6 Å². The monoisotopic (exact) mass is 1030 g/mol. The largest absolute Gasteiger partial charge is 0.462 e. The lowest BCUT2D eigenvalue weighted by Crippen LogP contribution is -2.30. The van der Waals surface area contributed by atoms with Gasteiger partial charge >= 0.3 is 17.9 Å². The number of carbonyl (C=O) groups excluding carboxylic acids is 3. The molecule has 430 valence electrons. The van der Waals surface area contributed by atoms with Gasteiger partial charge in [-0.25, -0.2) is 0 Å². The molecule has 0 spiro atoms. The average molecular weight is 1040 g/mol. The molecule has 0 fully saturated rings. The second-order valence-electron chi connectivity index (χ2n) is 21.6. The number of hydrogen-bond acceptors (Lipinski definition) is 6. The molecule has 6 heteroatoms. The highest BCUT2D eigenvalue weighted by Gasteiger charge is 2.19. The van der Waals surface area contributed by atoms with Crippen LogP contribution < -0.4 is 0 Å². The van der Waals surface area contributed by atoms with Crippen LogP contribution in [-0.4, -0.2) is 37.2 Å². The van der Waals surface area contributed by atoms with Gasteiger partial charge in [0.15, 0.2) is 6.10 Å². The summed E-state index contributed by atoms with van der Waals surface area (Å²) in [5.41, 5.74) is 0. The summed E-state index contributed by atoms with van der Waals surface area (Å²) in [6.07, 6.45) is 79.5. The van der Waals surface area contributed by atoms with Gasteiger partial charge in [-0.05, 0) is 83.5 Å². The fourth-order valence-corrected chi connectivity index (χ4v) is 9.43. The molecule has 74 heavy (non-hydrogen) atoms. The van der Waals surface area contributed by atoms with Crippen LogP contribution in [0.25, 0.3) is 0 Å². The zero-order valence-electron chi connectivity index (χ0n) is 49.4. The second-order valence-corrected chi connectivity index (χ2v) is 21.6. The van der Waals surface area contributed by atoms with Gasteiger partial charge in [0, 0.05) is 19.3 Å². The van der Waals surface area contributed by atoms with E-state index < -0.39 is 6.10 Å². The van der Waals surface area contributed by atoms with Crippen LogP contribution in [0.15, 0.2) is 60.8 Å². The van der Waals surface area contributed by atoms with E-state index in [1.165, 1.54) is 205 Å². The summed E-state index contributed by atoms with van der Waals surface area (Å²) in [6, 6.07) is 0. The van der Waals surface area contributed by atoms with E-state index in [0.29, 0.717) is 19.3 Å². The fraction of sp³-hybridized carbons (Fsp3) is 0.809. The Balaban J connectivity index is 4.31. The summed E-state index contributed by atoms with van der Waals surface area (Å²) in [4.78, 5) is 38.3. The summed E-state index contributed by atoms with van der Waals surface area (Å²) in [5.74, 6) is -0.899. The molecular formula is C68H122O6. The third-order valence-electron chi connectivity index (χ3n) is 14.3. The minimum atomic E-state index is -0.788. The van der Waals surface area contributed by atoms with Gasteiger partial charge in [0.05, 0.1) is 0 Å². The van der Waals surface area contributed by atoms with Gasteiger partial charge in [-0.3, -0.25) is 14.4 Å². The number of carbonyl (C=O) groups is 3. The normalized spacial score (nSPS) is 12.4. The quantitative estimate of drug-likeness (QED) is 0.0261. The Morgan fingerprint density at radius 3 is 0.838 bits per heavy atom. The van der Waals surface area contributed by atoms with Gasteiger partial charge in [0.25, 0.3) is 0 Å². The lowest BCUT2D eigenvalue weighted by atomic mass is 10.0. The van der Waals surface area contributed by atoms with Crippen molar-refractivity contribution in [3.8, 4) is 0 Å². The van der Waals surface area contributed by atoms with Crippen molar-refractivity contribution in [2.24, 2.45) is 0 Å². The zero-order valence-corrected chi connectivity index (χ0v) is 49.4. The highest BCUT2D eigenvalue weighted by atomic mass is 16.6. The van der Waals surface area contributed by atoms with Gasteiger partial charge in [-0.1, -0.05) is 293 Å². The minimum absolute atomic E-state index is 0.0823. The van der Waals surface area contributed by atoms with Crippen LogP contribution in [0.1, 0.15) is 335 Å². The number of unbranched alkanes of at least 4 members (excludes halogenated alkanes) is 38. The van der Waals surface area contributed by atoms with Gasteiger partial charge in [0.1, 0.15) is 13.2 Å². The molecule has 0 aromatic rings. The first-order valence-electron chi connectivity index (χ1n) is 32.3. The van der Waals surface area contributed by atoms with Gasteiger partial charge in [-0.15, -0.1) is 0 Å². The molecule has 6 nitrogen and oxygen atoms in total. The summed E-state index contributed by atoms with van der Waals surface area (Å²) in [6.45, 7) is 6.54. The molecule has 0 N–H and O–H groups in total. The molecule has 0 radical (unpaired) electrons. The van der Waals surface area contributed by atoms with Crippen LogP contribution in [0.2, 0.25) is 0 Å². The van der Waals surface area contributed by atoms with Gasteiger partial charge in [-0.2, -0.15) is 0 Å². The highest BCUT2D eigenvalue weighted by molar-refractivity contribution is 5.71. The maximum atomic E-state index is 12.9. The SMILES string of the molecule is CC/C=C\C/C=C\C/C=C\CCCCCC(=O)OCC(COC(=O)CCCCCCCCCCCCCCCCCCCCCCCC)OC(=O)CCCCCCCCCCC/C=C\C/C=C\CCCCCCC. The summed E-state index contributed by atoms with van der Waals surface area (Å²) >= 11 is 0. The first-order valence-corrected chi connectivity index (χ1v) is 32.3. The maximum Gasteiger partial charge on any atom is 0.306 e. The average Bonchev–Trinajstić information content (AvgIpc) is 3.40. The summed E-state index contributed by atoms with van der Waals surface area (Å²) in [5, 5.41) is 0. The van der Waals surface area contributed by atoms with Gasteiger partial charge < -0.3 is 14.2 Å². The Bertz CT molecular complexity index is 1330. The van der Waals surface area contributed by atoms with Crippen molar-refractivity contribution in [2.45, 2.75) is 341 Å². The van der Waals surface area contributed by atoms with Crippen molar-refractivity contribution in [2.75, 3.05) is 13.2 Å². The molecular weight excluding hydrogens is 913 g/mol. The number of ether oxygens (including phenoxy) is 3. The van der Waals surface area contributed by atoms with Crippen LogP contribution >= 0.6 is 0 Å². The molecule has 0 aliphatic carbocycles. The first-order chi connectivity index (χ1) is 36.5. The van der Waals surface area contributed by atoms with Crippen molar-refractivity contribution in [3.63, 3.8) is 0 Å². The maximum absolute atomic E-state index is 12.9. The number of esters is 3. The lowest BCUT2D eigenvalue weighted by molar-refractivity contribution is -0.167. The molecule has 0 saturated carbocycles. The topological polar surface area (TPSA) is 78.9 Å². The van der Waals surface area contributed by atoms with E-state index in [-0.39, 0.29) is 31.1 Å². The first kappa shape index (κ1) is 71.1. The van der Waals surface area contributed by atoms with E-state index >= 15 is 0 Å². The van der Waals surface area contributed by atoms with Crippen molar-refractivity contribution in [1.29, 1.82) is 0 Å². The molecule has 0 aliphatic heterocycles. The molecule has 0 saturated heterocycles. The Kier molecular flexibility index (Phi) is 60.2. The molecule has 1 unspecified atom stereocenters. The summed E-state index contributed by atoms with van der Waals surface area (Å²) < 4.78 is 16.9. The molecule has 0 aliphatic rings. The Morgan fingerprint density at radius 2 is 0.527 bits per heavy atom. The predicted octanol–water partition coefficient (Wildman–Crippen LogP) is 21.9.